The van der Waals surface area contributed by atoms with Gasteiger partial charge in [0.2, 0.25) is 0 Å². The van der Waals surface area contributed by atoms with Crippen LogP contribution in [-0.2, 0) is 6.54 Å². The maximum atomic E-state index is 6.22. The molecule has 3 nitrogen and oxygen atoms in total. The van der Waals surface area contributed by atoms with Gasteiger partial charge in [0.15, 0.2) is 17.2 Å². The van der Waals surface area contributed by atoms with Crippen molar-refractivity contribution < 1.29 is 9.47 Å². The first-order valence-electron chi connectivity index (χ1n) is 5.99. The highest BCUT2D eigenvalue weighted by Crippen LogP contribution is 2.36. The molecule has 0 atom stereocenters. The summed E-state index contributed by atoms with van der Waals surface area (Å²) >= 11 is 6.22. The number of hydrogen-bond acceptors (Lipinski definition) is 3. The number of para-hydroxylation sites is 3. The Morgan fingerprint density at radius 1 is 1.05 bits per heavy atom. The Morgan fingerprint density at radius 2 is 1.79 bits per heavy atom. The van der Waals surface area contributed by atoms with Gasteiger partial charge in [-0.25, -0.2) is 0 Å². The first-order chi connectivity index (χ1) is 9.26. The topological polar surface area (TPSA) is 30.5 Å². The van der Waals surface area contributed by atoms with Gasteiger partial charge in [-0.1, -0.05) is 35.9 Å². The first kappa shape index (κ1) is 13.7. The van der Waals surface area contributed by atoms with Crippen molar-refractivity contribution in [3.63, 3.8) is 0 Å². The molecular weight excluding hydrogens is 262 g/mol. The molecule has 2 aromatic carbocycles. The molecule has 0 spiro atoms. The molecule has 0 radical (unpaired) electrons. The van der Waals surface area contributed by atoms with Crippen LogP contribution in [0.4, 0.5) is 0 Å². The molecule has 1 N–H and O–H groups in total. The molecule has 0 fully saturated rings. The summed E-state index contributed by atoms with van der Waals surface area (Å²) in [6, 6.07) is 13.2. The van der Waals surface area contributed by atoms with Gasteiger partial charge in [0, 0.05) is 12.1 Å². The third kappa shape index (κ3) is 3.19. The average molecular weight is 278 g/mol. The van der Waals surface area contributed by atoms with Crippen LogP contribution in [0.3, 0.4) is 0 Å². The summed E-state index contributed by atoms with van der Waals surface area (Å²) < 4.78 is 11.2. The second-order valence-corrected chi connectivity index (χ2v) is 4.42. The molecule has 19 heavy (non-hydrogen) atoms. The monoisotopic (exact) mass is 277 g/mol. The van der Waals surface area contributed by atoms with Crippen molar-refractivity contribution in [1.29, 1.82) is 0 Å². The summed E-state index contributed by atoms with van der Waals surface area (Å²) in [7, 11) is 3.50. The highest BCUT2D eigenvalue weighted by atomic mass is 35.5. The highest BCUT2D eigenvalue weighted by Gasteiger charge is 2.11. The van der Waals surface area contributed by atoms with Crippen molar-refractivity contribution in [3.05, 3.63) is 53.1 Å². The molecule has 100 valence electrons. The van der Waals surface area contributed by atoms with E-state index >= 15 is 0 Å². The van der Waals surface area contributed by atoms with Gasteiger partial charge in [0.25, 0.3) is 0 Å². The predicted octanol–water partition coefficient (Wildman–Crippen LogP) is 3.86. The molecule has 0 saturated heterocycles. The molecule has 0 heterocycles. The Bertz CT molecular complexity index is 558. The van der Waals surface area contributed by atoms with Gasteiger partial charge in [-0.2, -0.15) is 0 Å². The fourth-order valence-electron chi connectivity index (χ4n) is 1.81. The van der Waals surface area contributed by atoms with E-state index in [1.165, 1.54) is 0 Å². The summed E-state index contributed by atoms with van der Waals surface area (Å²) in [6.07, 6.45) is 0. The van der Waals surface area contributed by atoms with Crippen molar-refractivity contribution in [2.45, 2.75) is 6.54 Å². The number of halogens is 1. The van der Waals surface area contributed by atoms with Crippen LogP contribution in [0.2, 0.25) is 5.02 Å². The zero-order chi connectivity index (χ0) is 13.7. The number of hydrogen-bond donors (Lipinski definition) is 1. The summed E-state index contributed by atoms with van der Waals surface area (Å²) in [5, 5.41) is 3.68. The molecule has 0 unspecified atom stereocenters. The molecule has 0 aliphatic rings. The van der Waals surface area contributed by atoms with Crippen LogP contribution < -0.4 is 14.8 Å². The van der Waals surface area contributed by atoms with Gasteiger partial charge in [0.1, 0.15) is 0 Å². The molecular formula is C15H16ClNO2. The minimum atomic E-state index is 0.582. The maximum absolute atomic E-state index is 6.22. The fraction of sp³-hybridized carbons (Fsp3) is 0.200. The Morgan fingerprint density at radius 3 is 2.47 bits per heavy atom. The van der Waals surface area contributed by atoms with E-state index in [1.807, 2.05) is 49.5 Å². The minimum Gasteiger partial charge on any atom is -0.493 e. The lowest BCUT2D eigenvalue weighted by molar-refractivity contribution is 0.377. The third-order valence-electron chi connectivity index (χ3n) is 2.70. The van der Waals surface area contributed by atoms with Gasteiger partial charge in [-0.3, -0.25) is 0 Å². The van der Waals surface area contributed by atoms with Crippen LogP contribution >= 0.6 is 11.6 Å². The molecule has 0 saturated carbocycles. The fourth-order valence-corrected chi connectivity index (χ4v) is 2.04. The van der Waals surface area contributed by atoms with Crippen molar-refractivity contribution in [1.82, 2.24) is 5.32 Å². The lowest BCUT2D eigenvalue weighted by Gasteiger charge is -2.14. The minimum absolute atomic E-state index is 0.582. The number of benzene rings is 2. The predicted molar refractivity (Wildman–Crippen MR) is 77.3 cm³/mol. The van der Waals surface area contributed by atoms with Crippen molar-refractivity contribution in [3.8, 4) is 17.2 Å². The van der Waals surface area contributed by atoms with Gasteiger partial charge in [-0.15, -0.1) is 0 Å². The lowest BCUT2D eigenvalue weighted by Crippen LogP contribution is -2.06. The van der Waals surface area contributed by atoms with Crippen molar-refractivity contribution in [2.24, 2.45) is 0 Å². The summed E-state index contributed by atoms with van der Waals surface area (Å²) in [4.78, 5) is 0. The molecule has 0 aromatic heterocycles. The summed E-state index contributed by atoms with van der Waals surface area (Å²) in [5.74, 6) is 1.98. The Labute approximate surface area is 118 Å². The van der Waals surface area contributed by atoms with Gasteiger partial charge in [0.05, 0.1) is 12.1 Å². The Hall–Kier alpha value is -1.71. The second kappa shape index (κ2) is 6.45. The van der Waals surface area contributed by atoms with Gasteiger partial charge < -0.3 is 14.8 Å². The van der Waals surface area contributed by atoms with E-state index in [4.69, 9.17) is 21.1 Å². The van der Waals surface area contributed by atoms with E-state index in [2.05, 4.69) is 5.32 Å². The normalized spacial score (nSPS) is 10.3. The SMILES string of the molecule is CNCc1cccc(Cl)c1Oc1ccccc1OC. The van der Waals surface area contributed by atoms with Crippen molar-refractivity contribution in [2.75, 3.05) is 14.2 Å². The average Bonchev–Trinajstić information content (AvgIpc) is 2.43. The zero-order valence-electron chi connectivity index (χ0n) is 10.9. The van der Waals surface area contributed by atoms with E-state index in [9.17, 15) is 0 Å². The van der Waals surface area contributed by atoms with E-state index in [0.717, 1.165) is 5.56 Å². The van der Waals surface area contributed by atoms with Crippen LogP contribution in [0.15, 0.2) is 42.5 Å². The van der Waals surface area contributed by atoms with Crippen LogP contribution in [-0.4, -0.2) is 14.2 Å². The maximum Gasteiger partial charge on any atom is 0.169 e. The smallest absolute Gasteiger partial charge is 0.169 e. The van der Waals surface area contributed by atoms with Gasteiger partial charge >= 0.3 is 0 Å². The second-order valence-electron chi connectivity index (χ2n) is 4.01. The number of nitrogens with one attached hydrogen (secondary N) is 1. The van der Waals surface area contributed by atoms with Crippen LogP contribution in [0, 0.1) is 0 Å². The van der Waals surface area contributed by atoms with Crippen molar-refractivity contribution >= 4 is 11.6 Å². The number of ether oxygens (including phenoxy) is 2. The molecule has 0 bridgehead atoms. The van der Waals surface area contributed by atoms with Gasteiger partial charge in [-0.05, 0) is 25.2 Å². The molecule has 0 amide bonds. The largest absolute Gasteiger partial charge is 0.493 e. The lowest BCUT2D eigenvalue weighted by atomic mass is 10.2. The van der Waals surface area contributed by atoms with Crippen LogP contribution in [0.1, 0.15) is 5.56 Å². The molecule has 4 heteroatoms. The summed E-state index contributed by atoms with van der Waals surface area (Å²) in [5.41, 5.74) is 1.00. The third-order valence-corrected chi connectivity index (χ3v) is 2.99. The quantitative estimate of drug-likeness (QED) is 0.900. The number of rotatable bonds is 5. The number of methoxy groups -OCH3 is 1. The standard InChI is InChI=1S/C15H16ClNO2/c1-17-10-11-6-5-7-12(16)15(11)19-14-9-4-3-8-13(14)18-2/h3-9,17H,10H2,1-2H3. The zero-order valence-corrected chi connectivity index (χ0v) is 11.7. The van der Waals surface area contributed by atoms with E-state index < -0.39 is 0 Å². The highest BCUT2D eigenvalue weighted by molar-refractivity contribution is 6.32. The molecule has 0 aliphatic heterocycles. The van der Waals surface area contributed by atoms with E-state index in [0.29, 0.717) is 28.8 Å². The van der Waals surface area contributed by atoms with E-state index in [-0.39, 0.29) is 0 Å². The van der Waals surface area contributed by atoms with E-state index in [1.54, 1.807) is 7.11 Å². The van der Waals surface area contributed by atoms with Crippen LogP contribution in [0.25, 0.3) is 0 Å². The molecule has 2 aromatic rings. The molecule has 2 rings (SSSR count). The Kier molecular flexibility index (Phi) is 4.66. The Balaban J connectivity index is 2.37. The van der Waals surface area contributed by atoms with Crippen LogP contribution in [0.5, 0.6) is 17.2 Å². The summed E-state index contributed by atoms with van der Waals surface area (Å²) in [6.45, 7) is 0.686. The molecule has 0 aliphatic carbocycles. The first-order valence-corrected chi connectivity index (χ1v) is 6.37.